The van der Waals surface area contributed by atoms with Crippen molar-refractivity contribution in [2.24, 2.45) is 0 Å². The zero-order chi connectivity index (χ0) is 24.6. The number of halogens is 1. The maximum atomic E-state index is 13.2. The van der Waals surface area contributed by atoms with E-state index < -0.39 is 5.60 Å². The van der Waals surface area contributed by atoms with Crippen LogP contribution in [0.1, 0.15) is 51.2 Å². The highest BCUT2D eigenvalue weighted by Gasteiger charge is 2.32. The molecule has 0 spiro atoms. The van der Waals surface area contributed by atoms with Crippen LogP contribution in [0.3, 0.4) is 0 Å². The Balaban J connectivity index is 1.53. The van der Waals surface area contributed by atoms with Crippen molar-refractivity contribution in [2.75, 3.05) is 19.6 Å². The molecule has 0 aromatic heterocycles. The van der Waals surface area contributed by atoms with Gasteiger partial charge in [0, 0.05) is 25.7 Å². The summed E-state index contributed by atoms with van der Waals surface area (Å²) in [6.45, 7) is 7.39. The van der Waals surface area contributed by atoms with E-state index in [0.717, 1.165) is 24.0 Å². The van der Waals surface area contributed by atoms with Gasteiger partial charge in [0.25, 0.3) is 0 Å². The van der Waals surface area contributed by atoms with E-state index in [2.05, 4.69) is 0 Å². The number of likely N-dealkylation sites (tertiary alicyclic amines) is 1. The Labute approximate surface area is 201 Å². The van der Waals surface area contributed by atoms with Crippen LogP contribution in [-0.4, -0.2) is 53.3 Å². The molecule has 1 fully saturated rings. The Hall–Kier alpha value is -3.09. The van der Waals surface area contributed by atoms with Gasteiger partial charge in [-0.15, -0.1) is 0 Å². The van der Waals surface area contributed by atoms with E-state index in [4.69, 9.17) is 9.47 Å². The normalized spacial score (nSPS) is 14.5. The molecule has 184 valence electrons. The molecule has 0 N–H and O–H groups in total. The lowest BCUT2D eigenvalue weighted by atomic mass is 10.0. The average Bonchev–Trinajstić information content (AvgIpc) is 2.81. The van der Waals surface area contributed by atoms with Gasteiger partial charge in [-0.3, -0.25) is 0 Å². The predicted molar refractivity (Wildman–Crippen MR) is 129 cm³/mol. The highest BCUT2D eigenvalue weighted by molar-refractivity contribution is 5.69. The first-order valence-electron chi connectivity index (χ1n) is 11.9. The van der Waals surface area contributed by atoms with Gasteiger partial charge in [0.15, 0.2) is 0 Å². The largest absolute Gasteiger partial charge is 0.445 e. The lowest BCUT2D eigenvalue weighted by Crippen LogP contribution is -2.50. The summed E-state index contributed by atoms with van der Waals surface area (Å²) in [7, 11) is 0. The molecule has 2 amide bonds. The number of carbonyl (C=O) groups excluding carboxylic acids is 2. The topological polar surface area (TPSA) is 59.1 Å². The minimum atomic E-state index is -0.589. The third kappa shape index (κ3) is 8.04. The summed E-state index contributed by atoms with van der Waals surface area (Å²) in [6.07, 6.45) is 2.14. The number of hydrogen-bond acceptors (Lipinski definition) is 4. The quantitative estimate of drug-likeness (QED) is 0.513. The van der Waals surface area contributed by atoms with E-state index in [1.807, 2.05) is 51.1 Å². The third-order valence-corrected chi connectivity index (χ3v) is 5.77. The Morgan fingerprint density at radius 2 is 1.65 bits per heavy atom. The second kappa shape index (κ2) is 11.9. The van der Waals surface area contributed by atoms with Gasteiger partial charge < -0.3 is 19.3 Å². The highest BCUT2D eigenvalue weighted by atomic mass is 19.1. The molecule has 1 aliphatic heterocycles. The summed E-state index contributed by atoms with van der Waals surface area (Å²) >= 11 is 0. The molecule has 0 atom stereocenters. The van der Waals surface area contributed by atoms with Crippen LogP contribution in [-0.2, 0) is 22.5 Å². The highest BCUT2D eigenvalue weighted by Crippen LogP contribution is 2.21. The fourth-order valence-electron chi connectivity index (χ4n) is 4.02. The van der Waals surface area contributed by atoms with Gasteiger partial charge in [-0.25, -0.2) is 14.0 Å². The molecule has 1 aliphatic rings. The monoisotopic (exact) mass is 470 g/mol. The molecule has 34 heavy (non-hydrogen) atoms. The minimum absolute atomic E-state index is 0.0127. The lowest BCUT2D eigenvalue weighted by Gasteiger charge is -2.38. The summed E-state index contributed by atoms with van der Waals surface area (Å²) in [5.41, 5.74) is 1.39. The first-order chi connectivity index (χ1) is 16.2. The number of nitrogens with zero attached hydrogens (tertiary/aromatic N) is 2. The molecular formula is C27H35FN2O4. The number of aryl methyl sites for hydroxylation is 1. The van der Waals surface area contributed by atoms with E-state index in [0.29, 0.717) is 32.5 Å². The number of ether oxygens (including phenoxy) is 2. The minimum Gasteiger partial charge on any atom is -0.445 e. The zero-order valence-corrected chi connectivity index (χ0v) is 20.3. The summed E-state index contributed by atoms with van der Waals surface area (Å²) in [5, 5.41) is 0. The first kappa shape index (κ1) is 25.5. The third-order valence-electron chi connectivity index (χ3n) is 5.77. The van der Waals surface area contributed by atoms with Crippen LogP contribution in [0.15, 0.2) is 54.6 Å². The molecule has 3 rings (SSSR count). The first-order valence-corrected chi connectivity index (χ1v) is 11.9. The molecule has 0 saturated carbocycles. The second-order valence-electron chi connectivity index (χ2n) is 9.66. The van der Waals surface area contributed by atoms with Crippen LogP contribution >= 0.6 is 0 Å². The van der Waals surface area contributed by atoms with Crippen molar-refractivity contribution >= 4 is 12.2 Å². The van der Waals surface area contributed by atoms with Crippen LogP contribution in [0.4, 0.5) is 14.0 Å². The summed E-state index contributed by atoms with van der Waals surface area (Å²) < 4.78 is 24.3. The van der Waals surface area contributed by atoms with Crippen molar-refractivity contribution in [3.05, 3.63) is 71.5 Å². The van der Waals surface area contributed by atoms with Gasteiger partial charge in [0.1, 0.15) is 18.0 Å². The molecule has 1 saturated heterocycles. The number of hydrogen-bond donors (Lipinski definition) is 0. The summed E-state index contributed by atoms with van der Waals surface area (Å²) in [5.74, 6) is -0.256. The molecule has 0 radical (unpaired) electrons. The number of amides is 2. The standard InChI is InChI=1S/C27H35FN2O4/c1-27(2,3)34-26(32)30(17-7-10-21-11-13-23(28)14-12-21)24-15-18-29(19-16-24)25(31)33-20-22-8-5-4-6-9-22/h4-6,8-9,11-14,24H,7,10,15-20H2,1-3H3. The Kier molecular flexibility index (Phi) is 8.91. The molecular weight excluding hydrogens is 435 g/mol. The molecule has 0 unspecified atom stereocenters. The van der Waals surface area contributed by atoms with Gasteiger partial charge in [0.2, 0.25) is 0 Å². The number of rotatable bonds is 7. The Morgan fingerprint density at radius 1 is 1.00 bits per heavy atom. The lowest BCUT2D eigenvalue weighted by molar-refractivity contribution is 0.00749. The van der Waals surface area contributed by atoms with Gasteiger partial charge in [-0.05, 0) is 69.7 Å². The van der Waals surface area contributed by atoms with Crippen molar-refractivity contribution in [2.45, 2.75) is 64.7 Å². The molecule has 7 heteroatoms. The van der Waals surface area contributed by atoms with E-state index in [1.165, 1.54) is 12.1 Å². The molecule has 2 aromatic rings. The van der Waals surface area contributed by atoms with Gasteiger partial charge >= 0.3 is 12.2 Å². The van der Waals surface area contributed by atoms with Crippen molar-refractivity contribution in [3.8, 4) is 0 Å². The fourth-order valence-corrected chi connectivity index (χ4v) is 4.02. The second-order valence-corrected chi connectivity index (χ2v) is 9.66. The van der Waals surface area contributed by atoms with Crippen molar-refractivity contribution in [3.63, 3.8) is 0 Å². The van der Waals surface area contributed by atoms with Gasteiger partial charge in [-0.1, -0.05) is 42.5 Å². The fraction of sp³-hybridized carbons (Fsp3) is 0.481. The number of piperidine rings is 1. The zero-order valence-electron chi connectivity index (χ0n) is 20.3. The van der Waals surface area contributed by atoms with Crippen molar-refractivity contribution in [1.29, 1.82) is 0 Å². The van der Waals surface area contributed by atoms with Gasteiger partial charge in [0.05, 0.1) is 0 Å². The molecule has 6 nitrogen and oxygen atoms in total. The van der Waals surface area contributed by atoms with Gasteiger partial charge in [-0.2, -0.15) is 0 Å². The smallest absolute Gasteiger partial charge is 0.410 e. The van der Waals surface area contributed by atoms with Crippen molar-refractivity contribution in [1.82, 2.24) is 9.80 Å². The molecule has 0 aliphatic carbocycles. The Bertz CT molecular complexity index is 920. The summed E-state index contributed by atoms with van der Waals surface area (Å²) in [4.78, 5) is 29.0. The number of carbonyl (C=O) groups is 2. The molecule has 1 heterocycles. The predicted octanol–water partition coefficient (Wildman–Crippen LogP) is 5.80. The van der Waals surface area contributed by atoms with E-state index in [-0.39, 0.29) is 30.7 Å². The van der Waals surface area contributed by atoms with Crippen LogP contribution < -0.4 is 0 Å². The van der Waals surface area contributed by atoms with Crippen LogP contribution in [0, 0.1) is 5.82 Å². The van der Waals surface area contributed by atoms with E-state index in [9.17, 15) is 14.0 Å². The number of benzene rings is 2. The van der Waals surface area contributed by atoms with Crippen LogP contribution in [0.5, 0.6) is 0 Å². The van der Waals surface area contributed by atoms with Crippen LogP contribution in [0.25, 0.3) is 0 Å². The Morgan fingerprint density at radius 3 is 2.26 bits per heavy atom. The molecule has 2 aromatic carbocycles. The van der Waals surface area contributed by atoms with Crippen molar-refractivity contribution < 1.29 is 23.5 Å². The van der Waals surface area contributed by atoms with Crippen LogP contribution in [0.2, 0.25) is 0 Å². The van der Waals surface area contributed by atoms with E-state index in [1.54, 1.807) is 21.9 Å². The average molecular weight is 471 g/mol. The SMILES string of the molecule is CC(C)(C)OC(=O)N(CCCc1ccc(F)cc1)C1CCN(C(=O)OCc2ccccc2)CC1. The molecule has 0 bridgehead atoms. The maximum Gasteiger partial charge on any atom is 0.410 e. The summed E-state index contributed by atoms with van der Waals surface area (Å²) in [6, 6.07) is 16.0. The van der Waals surface area contributed by atoms with E-state index >= 15 is 0 Å². The maximum absolute atomic E-state index is 13.2.